The van der Waals surface area contributed by atoms with E-state index in [0.717, 1.165) is 12.8 Å². The summed E-state index contributed by atoms with van der Waals surface area (Å²) >= 11 is 0. The number of amides is 1. The molecule has 0 aliphatic heterocycles. The summed E-state index contributed by atoms with van der Waals surface area (Å²) in [5, 5.41) is 5.72. The van der Waals surface area contributed by atoms with Crippen LogP contribution in [0.5, 0.6) is 0 Å². The molecule has 1 rings (SSSR count). The van der Waals surface area contributed by atoms with Gasteiger partial charge in [0.25, 0.3) is 0 Å². The minimum absolute atomic E-state index is 0.0930. The Balaban J connectivity index is 2.37. The third-order valence-corrected chi connectivity index (χ3v) is 2.74. The van der Waals surface area contributed by atoms with Crippen molar-refractivity contribution in [2.45, 2.75) is 38.1 Å². The van der Waals surface area contributed by atoms with Crippen LogP contribution < -0.4 is 21.9 Å². The third kappa shape index (κ3) is 4.48. The lowest BCUT2D eigenvalue weighted by atomic mass is 9.96. The molecule has 0 heterocycles. The van der Waals surface area contributed by atoms with Gasteiger partial charge in [-0.1, -0.05) is 19.3 Å². The molecule has 0 aromatic carbocycles. The average molecular weight is 227 g/mol. The Morgan fingerprint density at radius 3 is 2.62 bits per heavy atom. The molecule has 1 aliphatic rings. The molecule has 92 valence electrons. The molecule has 0 aromatic heterocycles. The van der Waals surface area contributed by atoms with E-state index in [1.54, 1.807) is 7.05 Å². The van der Waals surface area contributed by atoms with Gasteiger partial charge < -0.3 is 10.6 Å². The second-order valence-electron chi connectivity index (χ2n) is 3.96. The zero-order chi connectivity index (χ0) is 11.8. The number of nitrogens with one attached hydrogen (secondary N) is 3. The molecule has 0 spiro atoms. The van der Waals surface area contributed by atoms with Gasteiger partial charge in [0.15, 0.2) is 0 Å². The number of carbonyl (C=O) groups excluding carboxylic acids is 1. The number of carbonyl (C=O) groups is 1. The molecular formula is C10H21N5O. The standard InChI is InChI=1S/C10H21N5O/c1-12-9(16)7-13-10(15-11)14-8-5-3-2-4-6-8/h8H,2-7,11H2,1H3,(H,12,16)(H2,13,14,15). The molecule has 0 unspecified atom stereocenters. The number of hydrazine groups is 1. The van der Waals surface area contributed by atoms with Crippen LogP contribution in [-0.4, -0.2) is 31.5 Å². The lowest BCUT2D eigenvalue weighted by Crippen LogP contribution is -2.47. The summed E-state index contributed by atoms with van der Waals surface area (Å²) in [6.45, 7) is 0.0930. The molecule has 0 atom stereocenters. The van der Waals surface area contributed by atoms with Gasteiger partial charge in [-0.05, 0) is 12.8 Å². The fraction of sp³-hybridized carbons (Fsp3) is 0.800. The van der Waals surface area contributed by atoms with E-state index in [1.807, 2.05) is 0 Å². The van der Waals surface area contributed by atoms with E-state index in [1.165, 1.54) is 19.3 Å². The SMILES string of the molecule is CNC(=O)CN=C(NN)NC1CCCCC1. The highest BCUT2D eigenvalue weighted by molar-refractivity contribution is 5.84. The maximum Gasteiger partial charge on any atom is 0.241 e. The molecule has 1 saturated carbocycles. The van der Waals surface area contributed by atoms with Gasteiger partial charge >= 0.3 is 0 Å². The molecule has 0 bridgehead atoms. The summed E-state index contributed by atoms with van der Waals surface area (Å²) in [5.74, 6) is 5.71. The molecule has 0 aromatic rings. The Hall–Kier alpha value is -1.30. The number of guanidine groups is 1. The van der Waals surface area contributed by atoms with Crippen LogP contribution in [0.3, 0.4) is 0 Å². The first-order valence-electron chi connectivity index (χ1n) is 5.74. The van der Waals surface area contributed by atoms with Crippen molar-refractivity contribution in [3.63, 3.8) is 0 Å². The van der Waals surface area contributed by atoms with Gasteiger partial charge in [0.2, 0.25) is 11.9 Å². The van der Waals surface area contributed by atoms with Gasteiger partial charge in [0, 0.05) is 13.1 Å². The number of hydrogen-bond donors (Lipinski definition) is 4. The maximum atomic E-state index is 11.0. The number of hydrogen-bond acceptors (Lipinski definition) is 3. The van der Waals surface area contributed by atoms with Crippen LogP contribution >= 0.6 is 0 Å². The Morgan fingerprint density at radius 1 is 1.38 bits per heavy atom. The highest BCUT2D eigenvalue weighted by Gasteiger charge is 2.14. The maximum absolute atomic E-state index is 11.0. The van der Waals surface area contributed by atoms with Crippen molar-refractivity contribution < 1.29 is 4.79 Å². The van der Waals surface area contributed by atoms with Crippen LogP contribution in [0.2, 0.25) is 0 Å². The van der Waals surface area contributed by atoms with Crippen molar-refractivity contribution >= 4 is 11.9 Å². The van der Waals surface area contributed by atoms with Gasteiger partial charge in [-0.25, -0.2) is 10.8 Å². The molecule has 6 nitrogen and oxygen atoms in total. The molecule has 16 heavy (non-hydrogen) atoms. The van der Waals surface area contributed by atoms with Crippen molar-refractivity contribution in [3.05, 3.63) is 0 Å². The molecule has 0 radical (unpaired) electrons. The first-order chi connectivity index (χ1) is 7.76. The molecule has 1 amide bonds. The van der Waals surface area contributed by atoms with E-state index in [0.29, 0.717) is 12.0 Å². The van der Waals surface area contributed by atoms with Crippen LogP contribution in [0.1, 0.15) is 32.1 Å². The number of nitrogens with two attached hydrogens (primary N) is 1. The predicted molar refractivity (Wildman–Crippen MR) is 63.7 cm³/mol. The second-order valence-corrected chi connectivity index (χ2v) is 3.96. The lowest BCUT2D eigenvalue weighted by Gasteiger charge is -2.24. The minimum atomic E-state index is -0.127. The van der Waals surface area contributed by atoms with Gasteiger partial charge in [-0.3, -0.25) is 10.2 Å². The molecular weight excluding hydrogens is 206 g/mol. The smallest absolute Gasteiger partial charge is 0.241 e. The fourth-order valence-electron chi connectivity index (χ4n) is 1.80. The van der Waals surface area contributed by atoms with E-state index in [9.17, 15) is 4.79 Å². The zero-order valence-electron chi connectivity index (χ0n) is 9.75. The summed E-state index contributed by atoms with van der Waals surface area (Å²) in [5.41, 5.74) is 2.49. The van der Waals surface area contributed by atoms with Crippen molar-refractivity contribution in [3.8, 4) is 0 Å². The molecule has 1 aliphatic carbocycles. The second kappa shape index (κ2) is 7.05. The average Bonchev–Trinajstić information content (AvgIpc) is 2.35. The molecule has 0 saturated heterocycles. The van der Waals surface area contributed by atoms with Crippen molar-refractivity contribution in [2.24, 2.45) is 10.8 Å². The van der Waals surface area contributed by atoms with Crippen molar-refractivity contribution in [1.29, 1.82) is 0 Å². The Kier molecular flexibility index (Phi) is 5.63. The van der Waals surface area contributed by atoms with Gasteiger partial charge in [0.1, 0.15) is 6.54 Å². The van der Waals surface area contributed by atoms with Crippen LogP contribution in [0.4, 0.5) is 0 Å². The highest BCUT2D eigenvalue weighted by atomic mass is 16.1. The first-order valence-corrected chi connectivity index (χ1v) is 5.74. The van der Waals surface area contributed by atoms with Crippen LogP contribution in [-0.2, 0) is 4.79 Å². The van der Waals surface area contributed by atoms with Crippen LogP contribution in [0.25, 0.3) is 0 Å². The third-order valence-electron chi connectivity index (χ3n) is 2.74. The first kappa shape index (κ1) is 12.8. The quantitative estimate of drug-likeness (QED) is 0.226. The van der Waals surface area contributed by atoms with E-state index in [4.69, 9.17) is 5.84 Å². The summed E-state index contributed by atoms with van der Waals surface area (Å²) in [7, 11) is 1.59. The van der Waals surface area contributed by atoms with E-state index in [-0.39, 0.29) is 12.5 Å². The largest absolute Gasteiger partial charge is 0.358 e. The lowest BCUT2D eigenvalue weighted by molar-refractivity contribution is -0.119. The molecule has 6 heteroatoms. The molecule has 1 fully saturated rings. The van der Waals surface area contributed by atoms with E-state index in [2.05, 4.69) is 21.1 Å². The van der Waals surface area contributed by atoms with Crippen LogP contribution in [0.15, 0.2) is 4.99 Å². The zero-order valence-corrected chi connectivity index (χ0v) is 9.75. The number of aliphatic imine (C=N–C) groups is 1. The number of rotatable bonds is 3. The van der Waals surface area contributed by atoms with Gasteiger partial charge in [0.05, 0.1) is 0 Å². The summed E-state index contributed by atoms with van der Waals surface area (Å²) in [6, 6.07) is 0.424. The van der Waals surface area contributed by atoms with E-state index < -0.39 is 0 Å². The normalized spacial score (nSPS) is 18.0. The fourth-order valence-corrected chi connectivity index (χ4v) is 1.80. The summed E-state index contributed by atoms with van der Waals surface area (Å²) in [6.07, 6.45) is 6.07. The predicted octanol–water partition coefficient (Wildman–Crippen LogP) is -0.526. The van der Waals surface area contributed by atoms with Gasteiger partial charge in [-0.2, -0.15) is 0 Å². The van der Waals surface area contributed by atoms with E-state index >= 15 is 0 Å². The van der Waals surface area contributed by atoms with Crippen LogP contribution in [0, 0.1) is 0 Å². The minimum Gasteiger partial charge on any atom is -0.358 e. The number of nitrogens with zero attached hydrogens (tertiary/aromatic N) is 1. The summed E-state index contributed by atoms with van der Waals surface area (Å²) in [4.78, 5) is 15.1. The monoisotopic (exact) mass is 227 g/mol. The van der Waals surface area contributed by atoms with Crippen molar-refractivity contribution in [1.82, 2.24) is 16.1 Å². The topological polar surface area (TPSA) is 91.5 Å². The van der Waals surface area contributed by atoms with Gasteiger partial charge in [-0.15, -0.1) is 0 Å². The number of likely N-dealkylation sites (N-methyl/N-ethyl adjacent to an activating group) is 1. The highest BCUT2D eigenvalue weighted by Crippen LogP contribution is 2.16. The Morgan fingerprint density at radius 2 is 2.06 bits per heavy atom. The Bertz CT molecular complexity index is 248. The summed E-state index contributed by atoms with van der Waals surface area (Å²) < 4.78 is 0. The molecule has 5 N–H and O–H groups in total. The Labute approximate surface area is 96.0 Å². The van der Waals surface area contributed by atoms with Crippen molar-refractivity contribution in [2.75, 3.05) is 13.6 Å².